The van der Waals surface area contributed by atoms with E-state index in [1.54, 1.807) is 12.5 Å². The van der Waals surface area contributed by atoms with Crippen molar-refractivity contribution in [2.75, 3.05) is 0 Å². The molecule has 0 bridgehead atoms. The molecule has 0 atom stereocenters. The van der Waals surface area contributed by atoms with Crippen LogP contribution in [0.3, 0.4) is 0 Å². The van der Waals surface area contributed by atoms with E-state index < -0.39 is 0 Å². The molecule has 1 aromatic carbocycles. The van der Waals surface area contributed by atoms with Crippen LogP contribution in [0.15, 0.2) is 43.0 Å². The number of rotatable bonds is 3. The SMILES string of the molecule is NC1(Cc2ccc(-n3ccnc3)cc2)CC1. The first-order valence-electron chi connectivity index (χ1n) is 5.61. The van der Waals surface area contributed by atoms with Gasteiger partial charge in [-0.1, -0.05) is 12.1 Å². The van der Waals surface area contributed by atoms with E-state index in [4.69, 9.17) is 5.73 Å². The molecule has 1 heterocycles. The number of benzene rings is 1. The van der Waals surface area contributed by atoms with Crippen LogP contribution < -0.4 is 5.73 Å². The molecule has 0 aliphatic heterocycles. The molecule has 2 aromatic rings. The molecular formula is C13H15N3. The number of hydrogen-bond acceptors (Lipinski definition) is 2. The van der Waals surface area contributed by atoms with Crippen molar-refractivity contribution in [3.63, 3.8) is 0 Å². The third kappa shape index (κ3) is 1.86. The van der Waals surface area contributed by atoms with Crippen molar-refractivity contribution in [2.24, 2.45) is 5.73 Å². The number of imidazole rings is 1. The highest BCUT2D eigenvalue weighted by Crippen LogP contribution is 2.35. The van der Waals surface area contributed by atoms with Crippen molar-refractivity contribution in [3.05, 3.63) is 48.5 Å². The van der Waals surface area contributed by atoms with Gasteiger partial charge in [0.25, 0.3) is 0 Å². The Morgan fingerprint density at radius 1 is 1.25 bits per heavy atom. The lowest BCUT2D eigenvalue weighted by molar-refractivity contribution is 0.672. The smallest absolute Gasteiger partial charge is 0.0991 e. The molecule has 3 heteroatoms. The van der Waals surface area contributed by atoms with Gasteiger partial charge in [-0.3, -0.25) is 0 Å². The first kappa shape index (κ1) is 9.60. The summed E-state index contributed by atoms with van der Waals surface area (Å²) in [7, 11) is 0. The van der Waals surface area contributed by atoms with Crippen LogP contribution in [0.1, 0.15) is 18.4 Å². The van der Waals surface area contributed by atoms with Crippen molar-refractivity contribution in [1.82, 2.24) is 9.55 Å². The Kier molecular flexibility index (Phi) is 2.07. The maximum Gasteiger partial charge on any atom is 0.0991 e. The first-order chi connectivity index (χ1) is 7.75. The molecule has 3 nitrogen and oxygen atoms in total. The average molecular weight is 213 g/mol. The summed E-state index contributed by atoms with van der Waals surface area (Å²) in [5.41, 5.74) is 8.65. The molecule has 0 amide bonds. The zero-order valence-electron chi connectivity index (χ0n) is 9.13. The van der Waals surface area contributed by atoms with Gasteiger partial charge in [0.2, 0.25) is 0 Å². The van der Waals surface area contributed by atoms with Gasteiger partial charge in [0.05, 0.1) is 6.33 Å². The molecule has 1 aliphatic rings. The van der Waals surface area contributed by atoms with E-state index in [2.05, 4.69) is 29.2 Å². The van der Waals surface area contributed by atoms with Crippen LogP contribution in [0.25, 0.3) is 5.69 Å². The lowest BCUT2D eigenvalue weighted by Gasteiger charge is -2.09. The lowest BCUT2D eigenvalue weighted by Crippen LogP contribution is -2.24. The fourth-order valence-electron chi connectivity index (χ4n) is 1.94. The van der Waals surface area contributed by atoms with Gasteiger partial charge < -0.3 is 10.3 Å². The fraction of sp³-hybridized carbons (Fsp3) is 0.308. The summed E-state index contributed by atoms with van der Waals surface area (Å²) in [5, 5.41) is 0. The van der Waals surface area contributed by atoms with E-state index in [1.807, 2.05) is 10.8 Å². The molecule has 16 heavy (non-hydrogen) atoms. The third-order valence-electron chi connectivity index (χ3n) is 3.19. The minimum Gasteiger partial charge on any atom is -0.325 e. The summed E-state index contributed by atoms with van der Waals surface area (Å²) in [4.78, 5) is 4.03. The Balaban J connectivity index is 1.80. The molecule has 3 rings (SSSR count). The highest BCUT2D eigenvalue weighted by Gasteiger charge is 2.37. The van der Waals surface area contributed by atoms with Crippen LogP contribution in [0.2, 0.25) is 0 Å². The minimum atomic E-state index is 0.0938. The van der Waals surface area contributed by atoms with E-state index in [9.17, 15) is 0 Å². The van der Waals surface area contributed by atoms with Gasteiger partial charge in [-0.15, -0.1) is 0 Å². The topological polar surface area (TPSA) is 43.8 Å². The van der Waals surface area contributed by atoms with E-state index in [-0.39, 0.29) is 5.54 Å². The molecule has 0 radical (unpaired) electrons. The molecule has 1 aromatic heterocycles. The highest BCUT2D eigenvalue weighted by molar-refractivity contribution is 5.35. The Morgan fingerprint density at radius 3 is 2.56 bits per heavy atom. The predicted molar refractivity (Wildman–Crippen MR) is 63.4 cm³/mol. The number of aromatic nitrogens is 2. The van der Waals surface area contributed by atoms with Gasteiger partial charge in [-0.25, -0.2) is 4.98 Å². The quantitative estimate of drug-likeness (QED) is 0.846. The second-order valence-electron chi connectivity index (χ2n) is 4.68. The van der Waals surface area contributed by atoms with Crippen LogP contribution in [0, 0.1) is 0 Å². The molecule has 82 valence electrons. The second-order valence-corrected chi connectivity index (χ2v) is 4.68. The zero-order chi connectivity index (χ0) is 11.0. The van der Waals surface area contributed by atoms with Crippen molar-refractivity contribution < 1.29 is 0 Å². The van der Waals surface area contributed by atoms with Gasteiger partial charge in [0.1, 0.15) is 0 Å². The summed E-state index contributed by atoms with van der Waals surface area (Å²) in [6.07, 6.45) is 8.86. The number of nitrogens with zero attached hydrogens (tertiary/aromatic N) is 2. The van der Waals surface area contributed by atoms with Gasteiger partial charge >= 0.3 is 0 Å². The van der Waals surface area contributed by atoms with Crippen molar-refractivity contribution >= 4 is 0 Å². The molecule has 1 aliphatic carbocycles. The molecule has 0 spiro atoms. The normalized spacial score (nSPS) is 17.3. The second kappa shape index (κ2) is 3.46. The summed E-state index contributed by atoms with van der Waals surface area (Å²) >= 11 is 0. The largest absolute Gasteiger partial charge is 0.325 e. The number of hydrogen-bond donors (Lipinski definition) is 1. The van der Waals surface area contributed by atoms with Gasteiger partial charge in [-0.2, -0.15) is 0 Å². The van der Waals surface area contributed by atoms with Crippen LogP contribution >= 0.6 is 0 Å². The summed E-state index contributed by atoms with van der Waals surface area (Å²) in [6, 6.07) is 8.54. The Labute approximate surface area is 94.9 Å². The van der Waals surface area contributed by atoms with Crippen molar-refractivity contribution in [2.45, 2.75) is 24.8 Å². The molecule has 0 unspecified atom stereocenters. The third-order valence-corrected chi connectivity index (χ3v) is 3.19. The predicted octanol–water partition coefficient (Wildman–Crippen LogP) is 1.91. The minimum absolute atomic E-state index is 0.0938. The fourth-order valence-corrected chi connectivity index (χ4v) is 1.94. The highest BCUT2D eigenvalue weighted by atomic mass is 15.0. The number of nitrogens with two attached hydrogens (primary N) is 1. The summed E-state index contributed by atoms with van der Waals surface area (Å²) < 4.78 is 2.00. The first-order valence-corrected chi connectivity index (χ1v) is 5.61. The van der Waals surface area contributed by atoms with Gasteiger partial charge in [0, 0.05) is 23.6 Å². The lowest BCUT2D eigenvalue weighted by atomic mass is 10.0. The zero-order valence-corrected chi connectivity index (χ0v) is 9.13. The Hall–Kier alpha value is -1.61. The summed E-state index contributed by atoms with van der Waals surface area (Å²) in [6.45, 7) is 0. The van der Waals surface area contributed by atoms with E-state index >= 15 is 0 Å². The van der Waals surface area contributed by atoms with Crippen LogP contribution in [-0.4, -0.2) is 15.1 Å². The molecule has 1 fully saturated rings. The standard InChI is InChI=1S/C13H15N3/c14-13(5-6-13)9-11-1-3-12(4-2-11)16-8-7-15-10-16/h1-4,7-8,10H,5-6,9,14H2. The molecule has 1 saturated carbocycles. The molecule has 2 N–H and O–H groups in total. The maximum absolute atomic E-state index is 6.10. The van der Waals surface area contributed by atoms with Gasteiger partial charge in [-0.05, 0) is 37.0 Å². The van der Waals surface area contributed by atoms with E-state index in [1.165, 1.54) is 5.56 Å². The van der Waals surface area contributed by atoms with Crippen molar-refractivity contribution in [1.29, 1.82) is 0 Å². The van der Waals surface area contributed by atoms with Crippen LogP contribution in [0.4, 0.5) is 0 Å². The Bertz CT molecular complexity index is 466. The van der Waals surface area contributed by atoms with E-state index in [0.29, 0.717) is 0 Å². The molecule has 0 saturated heterocycles. The Morgan fingerprint density at radius 2 is 2.00 bits per heavy atom. The summed E-state index contributed by atoms with van der Waals surface area (Å²) in [5.74, 6) is 0. The van der Waals surface area contributed by atoms with Crippen LogP contribution in [0.5, 0.6) is 0 Å². The molecular weight excluding hydrogens is 198 g/mol. The van der Waals surface area contributed by atoms with Crippen LogP contribution in [-0.2, 0) is 6.42 Å². The maximum atomic E-state index is 6.10. The monoisotopic (exact) mass is 213 g/mol. The van der Waals surface area contributed by atoms with Gasteiger partial charge in [0.15, 0.2) is 0 Å². The van der Waals surface area contributed by atoms with Crippen molar-refractivity contribution in [3.8, 4) is 5.69 Å². The average Bonchev–Trinajstić information content (AvgIpc) is 2.83. The van der Waals surface area contributed by atoms with E-state index in [0.717, 1.165) is 24.9 Å².